The van der Waals surface area contributed by atoms with E-state index in [2.05, 4.69) is 4.98 Å². The van der Waals surface area contributed by atoms with Gasteiger partial charge in [-0.2, -0.15) is 0 Å². The minimum Gasteiger partial charge on any atom is -0.296 e. The van der Waals surface area contributed by atoms with Crippen LogP contribution in [0.25, 0.3) is 10.9 Å². The Labute approximate surface area is 104 Å². The van der Waals surface area contributed by atoms with Crippen LogP contribution in [0, 0.1) is 0 Å². The van der Waals surface area contributed by atoms with Crippen molar-refractivity contribution in [2.75, 3.05) is 0 Å². The van der Waals surface area contributed by atoms with Crippen LogP contribution < -0.4 is 11.2 Å². The van der Waals surface area contributed by atoms with Crippen molar-refractivity contribution < 1.29 is 8.78 Å². The molecule has 8 heteroatoms. The van der Waals surface area contributed by atoms with Crippen LogP contribution in [0.3, 0.4) is 0 Å². The fourth-order valence-electron chi connectivity index (χ4n) is 1.68. The van der Waals surface area contributed by atoms with Crippen LogP contribution in [-0.4, -0.2) is 14.1 Å². The van der Waals surface area contributed by atoms with Gasteiger partial charge in [0.05, 0.1) is 5.52 Å². The first-order valence-corrected chi connectivity index (χ1v) is 5.26. The zero-order chi connectivity index (χ0) is 13.6. The largest absolute Gasteiger partial charge is 0.330 e. The lowest BCUT2D eigenvalue weighted by atomic mass is 10.2. The Kier molecular flexibility index (Phi) is 2.94. The second-order valence-electron chi connectivity index (χ2n) is 3.74. The van der Waals surface area contributed by atoms with Gasteiger partial charge in [-0.1, -0.05) is 11.6 Å². The summed E-state index contributed by atoms with van der Waals surface area (Å²) >= 11 is 5.73. The van der Waals surface area contributed by atoms with Crippen LogP contribution in [-0.2, 0) is 14.1 Å². The van der Waals surface area contributed by atoms with Gasteiger partial charge in [-0.3, -0.25) is 13.9 Å². The number of hydrogen-bond acceptors (Lipinski definition) is 3. The Hall–Kier alpha value is -1.76. The van der Waals surface area contributed by atoms with E-state index in [0.29, 0.717) is 0 Å². The van der Waals surface area contributed by atoms with E-state index in [1.54, 1.807) is 0 Å². The third kappa shape index (κ3) is 1.71. The molecule has 5 nitrogen and oxygen atoms in total. The van der Waals surface area contributed by atoms with E-state index in [1.807, 2.05) is 0 Å². The maximum Gasteiger partial charge on any atom is 0.330 e. The van der Waals surface area contributed by atoms with Gasteiger partial charge in [-0.25, -0.2) is 18.6 Å². The standard InChI is InChI=1S/C10H8ClF2N3O2/c1-15-5-3-4(8(12)13)14-7(11)6(5)9(17)16(2)10(15)18/h3,8H,1-2H3. The van der Waals surface area contributed by atoms with Gasteiger partial charge in [0.2, 0.25) is 0 Å². The fraction of sp³-hybridized carbons (Fsp3) is 0.300. The monoisotopic (exact) mass is 275 g/mol. The second kappa shape index (κ2) is 4.16. The zero-order valence-electron chi connectivity index (χ0n) is 9.45. The highest BCUT2D eigenvalue weighted by molar-refractivity contribution is 6.34. The molecule has 0 amide bonds. The third-order valence-corrected chi connectivity index (χ3v) is 2.93. The van der Waals surface area contributed by atoms with Gasteiger partial charge < -0.3 is 0 Å². The highest BCUT2D eigenvalue weighted by Gasteiger charge is 2.17. The zero-order valence-corrected chi connectivity index (χ0v) is 10.2. The van der Waals surface area contributed by atoms with Crippen molar-refractivity contribution in [2.24, 2.45) is 14.1 Å². The molecule has 0 saturated carbocycles. The van der Waals surface area contributed by atoms with Gasteiger partial charge in [0, 0.05) is 14.1 Å². The van der Waals surface area contributed by atoms with Crippen molar-refractivity contribution >= 4 is 22.5 Å². The van der Waals surface area contributed by atoms with Crippen LogP contribution >= 0.6 is 11.6 Å². The first-order chi connectivity index (χ1) is 8.34. The summed E-state index contributed by atoms with van der Waals surface area (Å²) in [6.07, 6.45) is -2.83. The summed E-state index contributed by atoms with van der Waals surface area (Å²) in [6.45, 7) is 0. The van der Waals surface area contributed by atoms with E-state index in [4.69, 9.17) is 11.6 Å². The number of rotatable bonds is 1. The molecule has 0 bridgehead atoms. The minimum absolute atomic E-state index is 0.0402. The average molecular weight is 276 g/mol. The molecule has 0 fully saturated rings. The lowest BCUT2D eigenvalue weighted by Crippen LogP contribution is -2.37. The number of aromatic nitrogens is 3. The Morgan fingerprint density at radius 2 is 1.89 bits per heavy atom. The molecular formula is C10H8ClF2N3O2. The van der Waals surface area contributed by atoms with Gasteiger partial charge in [0.1, 0.15) is 16.2 Å². The summed E-state index contributed by atoms with van der Waals surface area (Å²) in [4.78, 5) is 27.0. The summed E-state index contributed by atoms with van der Waals surface area (Å²) < 4.78 is 27.1. The molecule has 0 N–H and O–H groups in total. The first kappa shape index (κ1) is 12.7. The summed E-state index contributed by atoms with van der Waals surface area (Å²) in [6, 6.07) is 0.995. The molecule has 0 aliphatic carbocycles. The molecule has 0 aromatic carbocycles. The van der Waals surface area contributed by atoms with Gasteiger partial charge in [-0.15, -0.1) is 0 Å². The molecule has 0 atom stereocenters. The van der Waals surface area contributed by atoms with Crippen LogP contribution in [0.1, 0.15) is 12.1 Å². The maximum absolute atomic E-state index is 12.6. The Morgan fingerprint density at radius 3 is 2.44 bits per heavy atom. The SMILES string of the molecule is Cn1c(=O)c2c(Cl)nc(C(F)F)cc2n(C)c1=O. The van der Waals surface area contributed by atoms with Crippen LogP contribution in [0.5, 0.6) is 0 Å². The molecule has 96 valence electrons. The van der Waals surface area contributed by atoms with E-state index in [-0.39, 0.29) is 16.1 Å². The number of aryl methyl sites for hydroxylation is 1. The van der Waals surface area contributed by atoms with Crippen molar-refractivity contribution in [2.45, 2.75) is 6.43 Å². The highest BCUT2D eigenvalue weighted by atomic mass is 35.5. The Bertz CT molecular complexity index is 751. The summed E-state index contributed by atoms with van der Waals surface area (Å²) in [5.74, 6) is 0. The van der Waals surface area contributed by atoms with E-state index in [9.17, 15) is 18.4 Å². The quantitative estimate of drug-likeness (QED) is 0.736. The van der Waals surface area contributed by atoms with E-state index in [0.717, 1.165) is 15.2 Å². The number of hydrogen-bond donors (Lipinski definition) is 0. The number of halogens is 3. The van der Waals surface area contributed by atoms with Gasteiger partial charge in [0.25, 0.3) is 12.0 Å². The predicted molar refractivity (Wildman–Crippen MR) is 62.2 cm³/mol. The summed E-state index contributed by atoms with van der Waals surface area (Å²) in [5, 5.41) is -0.385. The molecule has 2 aromatic rings. The Balaban J connectivity index is 3.07. The lowest BCUT2D eigenvalue weighted by molar-refractivity contribution is 0.146. The van der Waals surface area contributed by atoms with Crippen molar-refractivity contribution in [1.82, 2.24) is 14.1 Å². The van der Waals surface area contributed by atoms with Crippen LogP contribution in [0.15, 0.2) is 15.7 Å². The second-order valence-corrected chi connectivity index (χ2v) is 4.10. The molecule has 0 unspecified atom stereocenters. The fourth-order valence-corrected chi connectivity index (χ4v) is 1.95. The molecule has 0 spiro atoms. The first-order valence-electron chi connectivity index (χ1n) is 4.89. The van der Waals surface area contributed by atoms with Crippen molar-refractivity contribution in [3.63, 3.8) is 0 Å². The summed E-state index contributed by atoms with van der Waals surface area (Å²) in [5.41, 5.74) is -1.81. The smallest absolute Gasteiger partial charge is 0.296 e. The van der Waals surface area contributed by atoms with Crippen molar-refractivity contribution in [3.05, 3.63) is 37.8 Å². The predicted octanol–water partition coefficient (Wildman–Crippen LogP) is 1.22. The number of fused-ring (bicyclic) bond motifs is 1. The number of nitrogens with zero attached hydrogens (tertiary/aromatic N) is 3. The molecule has 2 rings (SSSR count). The normalized spacial score (nSPS) is 11.4. The van der Waals surface area contributed by atoms with Gasteiger partial charge in [0.15, 0.2) is 0 Å². The van der Waals surface area contributed by atoms with Gasteiger partial charge >= 0.3 is 5.69 Å². The van der Waals surface area contributed by atoms with E-state index < -0.39 is 23.4 Å². The van der Waals surface area contributed by atoms with E-state index >= 15 is 0 Å². The van der Waals surface area contributed by atoms with Gasteiger partial charge in [-0.05, 0) is 6.07 Å². The molecule has 0 aliphatic rings. The minimum atomic E-state index is -2.83. The molecule has 0 aliphatic heterocycles. The molecule has 18 heavy (non-hydrogen) atoms. The lowest BCUT2D eigenvalue weighted by Gasteiger charge is -2.09. The number of pyridine rings is 1. The molecule has 2 aromatic heterocycles. The third-order valence-electron chi connectivity index (χ3n) is 2.65. The molecule has 0 radical (unpaired) electrons. The molecular weight excluding hydrogens is 268 g/mol. The average Bonchev–Trinajstić information content (AvgIpc) is 2.32. The molecule has 0 saturated heterocycles. The maximum atomic E-state index is 12.6. The van der Waals surface area contributed by atoms with Crippen molar-refractivity contribution in [1.29, 1.82) is 0 Å². The number of alkyl halides is 2. The topological polar surface area (TPSA) is 56.9 Å². The summed E-state index contributed by atoms with van der Waals surface area (Å²) in [7, 11) is 2.65. The molecule has 2 heterocycles. The van der Waals surface area contributed by atoms with Crippen LogP contribution in [0.4, 0.5) is 8.78 Å². The Morgan fingerprint density at radius 1 is 1.28 bits per heavy atom. The van der Waals surface area contributed by atoms with Crippen LogP contribution in [0.2, 0.25) is 5.15 Å². The highest BCUT2D eigenvalue weighted by Crippen LogP contribution is 2.24. The van der Waals surface area contributed by atoms with E-state index in [1.165, 1.54) is 14.1 Å². The van der Waals surface area contributed by atoms with Crippen molar-refractivity contribution in [3.8, 4) is 0 Å².